The van der Waals surface area contributed by atoms with Gasteiger partial charge in [-0.15, -0.1) is 0 Å². The lowest BCUT2D eigenvalue weighted by molar-refractivity contribution is -0.137. The summed E-state index contributed by atoms with van der Waals surface area (Å²) in [6.07, 6.45) is 5.12. The second-order valence-electron chi connectivity index (χ2n) is 9.96. The van der Waals surface area contributed by atoms with Gasteiger partial charge in [0.1, 0.15) is 0 Å². The van der Waals surface area contributed by atoms with Gasteiger partial charge in [-0.2, -0.15) is 0 Å². The molecule has 2 aliphatic heterocycles. The summed E-state index contributed by atoms with van der Waals surface area (Å²) < 4.78 is 0. The van der Waals surface area contributed by atoms with Gasteiger partial charge in [0.15, 0.2) is 5.60 Å². The van der Waals surface area contributed by atoms with Crippen molar-refractivity contribution in [1.82, 2.24) is 10.2 Å². The van der Waals surface area contributed by atoms with Crippen LogP contribution >= 0.6 is 0 Å². The average Bonchev–Trinajstić information content (AvgIpc) is 3.19. The van der Waals surface area contributed by atoms with Crippen LogP contribution in [-0.2, 0) is 26.5 Å². The summed E-state index contributed by atoms with van der Waals surface area (Å²) in [6.45, 7) is 3.70. The summed E-state index contributed by atoms with van der Waals surface area (Å²) in [5.74, 6) is -1.58. The van der Waals surface area contributed by atoms with E-state index < -0.39 is 17.4 Å². The Balaban J connectivity index is 1.43. The first-order valence-corrected chi connectivity index (χ1v) is 13.1. The van der Waals surface area contributed by atoms with E-state index in [9.17, 15) is 24.6 Å². The molecule has 1 saturated heterocycles. The number of hydrogen-bond donors (Lipinski definition) is 5. The molecular weight excluding hydrogens is 484 g/mol. The molecule has 0 radical (unpaired) electrons. The van der Waals surface area contributed by atoms with Crippen LogP contribution in [0, 0.1) is 11.8 Å². The van der Waals surface area contributed by atoms with Crippen LogP contribution in [0.2, 0.25) is 0 Å². The molecule has 3 atom stereocenters. The fourth-order valence-electron chi connectivity index (χ4n) is 5.02. The molecule has 4 rings (SSSR count). The summed E-state index contributed by atoms with van der Waals surface area (Å²) in [6, 6.07) is 14.6. The van der Waals surface area contributed by atoms with Crippen molar-refractivity contribution in [3.63, 3.8) is 0 Å². The second kappa shape index (κ2) is 12.3. The summed E-state index contributed by atoms with van der Waals surface area (Å²) in [5.41, 5.74) is 0.500. The number of aliphatic hydroxyl groups excluding tert-OH is 1. The number of benzene rings is 2. The Morgan fingerprint density at radius 3 is 2.74 bits per heavy atom. The fourth-order valence-corrected chi connectivity index (χ4v) is 5.02. The lowest BCUT2D eigenvalue weighted by Crippen LogP contribution is -2.40. The van der Waals surface area contributed by atoms with Crippen LogP contribution in [-0.4, -0.2) is 59.1 Å². The van der Waals surface area contributed by atoms with E-state index >= 15 is 0 Å². The number of piperidine rings is 1. The van der Waals surface area contributed by atoms with Crippen LogP contribution in [0.3, 0.4) is 0 Å². The number of carbonyl (C=O) groups excluding carboxylic acids is 3. The maximum atomic E-state index is 12.9. The Kier molecular flexibility index (Phi) is 8.93. The highest BCUT2D eigenvalue weighted by molar-refractivity contribution is 6.06. The number of anilines is 2. The Morgan fingerprint density at radius 1 is 1.24 bits per heavy atom. The topological polar surface area (TPSA) is 131 Å². The van der Waals surface area contributed by atoms with Crippen molar-refractivity contribution in [3.05, 3.63) is 71.8 Å². The molecule has 0 saturated carbocycles. The van der Waals surface area contributed by atoms with E-state index in [0.29, 0.717) is 30.0 Å². The quantitative estimate of drug-likeness (QED) is 0.306. The van der Waals surface area contributed by atoms with Crippen LogP contribution in [0.5, 0.6) is 0 Å². The lowest BCUT2D eigenvalue weighted by atomic mass is 9.82. The van der Waals surface area contributed by atoms with Gasteiger partial charge >= 0.3 is 0 Å². The first-order chi connectivity index (χ1) is 18.3. The van der Waals surface area contributed by atoms with Gasteiger partial charge in [-0.05, 0) is 43.1 Å². The van der Waals surface area contributed by atoms with Gasteiger partial charge in [-0.3, -0.25) is 14.4 Å². The molecule has 9 heteroatoms. The average molecular weight is 521 g/mol. The molecule has 0 aromatic heterocycles. The van der Waals surface area contributed by atoms with Gasteiger partial charge in [0.25, 0.3) is 5.91 Å². The molecule has 9 nitrogen and oxygen atoms in total. The number of hydrogen-bond acceptors (Lipinski definition) is 6. The van der Waals surface area contributed by atoms with Crippen LogP contribution in [0.1, 0.15) is 37.3 Å². The van der Waals surface area contributed by atoms with Crippen molar-refractivity contribution in [1.29, 1.82) is 0 Å². The van der Waals surface area contributed by atoms with E-state index in [0.717, 1.165) is 24.9 Å². The van der Waals surface area contributed by atoms with Gasteiger partial charge in [0.05, 0.1) is 12.5 Å². The minimum Gasteiger partial charge on any atom is -0.395 e. The van der Waals surface area contributed by atoms with Crippen molar-refractivity contribution in [2.24, 2.45) is 11.8 Å². The zero-order valence-electron chi connectivity index (χ0n) is 21.7. The van der Waals surface area contributed by atoms with Crippen LogP contribution in [0.4, 0.5) is 11.4 Å². The predicted molar refractivity (Wildman–Crippen MR) is 145 cm³/mol. The maximum Gasteiger partial charge on any atom is 0.261 e. The molecular formula is C29H36N4O5. The third-order valence-corrected chi connectivity index (χ3v) is 7.27. The molecule has 1 fully saturated rings. The molecule has 0 spiro atoms. The molecule has 0 aliphatic carbocycles. The van der Waals surface area contributed by atoms with E-state index in [1.54, 1.807) is 42.2 Å². The Morgan fingerprint density at radius 2 is 2.03 bits per heavy atom. The van der Waals surface area contributed by atoms with Gasteiger partial charge < -0.3 is 31.1 Å². The summed E-state index contributed by atoms with van der Waals surface area (Å²) in [7, 11) is 0. The maximum absolute atomic E-state index is 12.9. The fraction of sp³-hybridized carbons (Fsp3) is 0.414. The predicted octanol–water partition coefficient (Wildman–Crippen LogP) is 2.37. The van der Waals surface area contributed by atoms with E-state index in [4.69, 9.17) is 0 Å². The summed E-state index contributed by atoms with van der Waals surface area (Å²) in [4.78, 5) is 40.0. The minimum absolute atomic E-state index is 0.0627. The molecule has 2 aromatic carbocycles. The molecule has 0 bridgehead atoms. The standard InChI is InChI=1S/C29H36N4O5/c1-20(7-5-11-26(35)33(15-16-34)19-21-8-3-2-4-9-21)29(38)24-17-23(12-13-25(24)32-28(29)37)31-27(36)22-10-6-14-30-18-22/h2-5,7-9,12-13,17,20,22,30,34,38H,6,10-11,14-16,18-19H2,1H3,(H,31,36)(H,32,37)/b7-5+/t20-,22?,29+/m0/s1. The highest BCUT2D eigenvalue weighted by Crippen LogP contribution is 2.43. The number of carbonyl (C=O) groups is 3. The molecule has 2 heterocycles. The van der Waals surface area contributed by atoms with Gasteiger partial charge in [-0.1, -0.05) is 49.4 Å². The van der Waals surface area contributed by atoms with Crippen molar-refractivity contribution in [2.75, 3.05) is 36.9 Å². The van der Waals surface area contributed by atoms with E-state index in [1.165, 1.54) is 0 Å². The monoisotopic (exact) mass is 520 g/mol. The SMILES string of the molecule is C[C@@H](/C=C/CC(=O)N(CCO)Cc1ccccc1)[C@]1(O)C(=O)Nc2ccc(NC(=O)C3CCCNC3)cc21. The van der Waals surface area contributed by atoms with Crippen LogP contribution in [0.15, 0.2) is 60.7 Å². The highest BCUT2D eigenvalue weighted by Gasteiger charge is 2.48. The van der Waals surface area contributed by atoms with Gasteiger partial charge in [-0.25, -0.2) is 0 Å². The smallest absolute Gasteiger partial charge is 0.261 e. The number of aliphatic hydroxyl groups is 2. The third-order valence-electron chi connectivity index (χ3n) is 7.27. The summed E-state index contributed by atoms with van der Waals surface area (Å²) in [5, 5.41) is 29.8. The Hall–Kier alpha value is -3.53. The molecule has 3 amide bonds. The lowest BCUT2D eigenvalue weighted by Gasteiger charge is -2.27. The first kappa shape index (κ1) is 27.5. The number of amides is 3. The molecule has 1 unspecified atom stereocenters. The Bertz CT molecular complexity index is 1180. The number of nitrogens with one attached hydrogen (secondary N) is 3. The molecule has 5 N–H and O–H groups in total. The van der Waals surface area contributed by atoms with Crippen LogP contribution < -0.4 is 16.0 Å². The Labute approximate surface area is 222 Å². The van der Waals surface area contributed by atoms with Crippen molar-refractivity contribution < 1.29 is 24.6 Å². The zero-order valence-corrected chi connectivity index (χ0v) is 21.7. The first-order valence-electron chi connectivity index (χ1n) is 13.1. The molecule has 2 aromatic rings. The molecule has 202 valence electrons. The van der Waals surface area contributed by atoms with Crippen LogP contribution in [0.25, 0.3) is 0 Å². The normalized spacial score (nSPS) is 21.6. The van der Waals surface area contributed by atoms with E-state index in [2.05, 4.69) is 16.0 Å². The zero-order chi connectivity index (χ0) is 27.1. The van der Waals surface area contributed by atoms with Crippen molar-refractivity contribution in [2.45, 2.75) is 38.3 Å². The highest BCUT2D eigenvalue weighted by atomic mass is 16.3. The molecule has 2 aliphatic rings. The number of fused-ring (bicyclic) bond motifs is 1. The second-order valence-corrected chi connectivity index (χ2v) is 9.96. The van der Waals surface area contributed by atoms with Crippen molar-refractivity contribution >= 4 is 29.1 Å². The number of rotatable bonds is 10. The van der Waals surface area contributed by atoms with E-state index in [-0.39, 0.29) is 37.3 Å². The third kappa shape index (κ3) is 6.12. The summed E-state index contributed by atoms with van der Waals surface area (Å²) >= 11 is 0. The number of nitrogens with zero attached hydrogens (tertiary/aromatic N) is 1. The largest absolute Gasteiger partial charge is 0.395 e. The molecule has 38 heavy (non-hydrogen) atoms. The van der Waals surface area contributed by atoms with E-state index in [1.807, 2.05) is 30.3 Å². The van der Waals surface area contributed by atoms with Crippen molar-refractivity contribution in [3.8, 4) is 0 Å². The van der Waals surface area contributed by atoms with Gasteiger partial charge in [0, 0.05) is 48.9 Å². The van der Waals surface area contributed by atoms with Gasteiger partial charge in [0.2, 0.25) is 11.8 Å². The minimum atomic E-state index is -1.85.